The predicted molar refractivity (Wildman–Crippen MR) is 72.8 cm³/mol. The van der Waals surface area contributed by atoms with Gasteiger partial charge in [0.05, 0.1) is 17.1 Å². The Labute approximate surface area is 111 Å². The molecule has 102 valence electrons. The normalized spacial score (nSPS) is 30.9. The first-order chi connectivity index (χ1) is 8.00. The first-order valence-corrected chi connectivity index (χ1v) is 8.38. The van der Waals surface area contributed by atoms with Gasteiger partial charge in [0, 0.05) is 19.3 Å². The standard InChI is InChI=1S/C11H24O4SSi/c1-8(12)4-6-13-10(3)11(16)17-14-7-5-9(2)15-17/h8-12,16-17H,4-7H2,1-3H3. The van der Waals surface area contributed by atoms with Crippen LogP contribution in [-0.2, 0) is 13.6 Å². The molecule has 1 rings (SSSR count). The Kier molecular flexibility index (Phi) is 7.06. The third-order valence-electron chi connectivity index (χ3n) is 2.85. The van der Waals surface area contributed by atoms with Crippen molar-refractivity contribution >= 4 is 21.9 Å². The quantitative estimate of drug-likeness (QED) is 0.564. The molecular formula is C11H24O4SSi. The summed E-state index contributed by atoms with van der Waals surface area (Å²) in [6.07, 6.45) is 1.56. The summed E-state index contributed by atoms with van der Waals surface area (Å²) in [5.74, 6) is 0. The van der Waals surface area contributed by atoms with Crippen molar-refractivity contribution in [1.82, 2.24) is 0 Å². The van der Waals surface area contributed by atoms with E-state index < -0.39 is 9.28 Å². The number of aliphatic hydroxyl groups excluding tert-OH is 1. The van der Waals surface area contributed by atoms with E-state index in [4.69, 9.17) is 18.7 Å². The number of hydrogen-bond donors (Lipinski definition) is 2. The molecule has 1 saturated heterocycles. The first kappa shape index (κ1) is 15.5. The molecule has 0 saturated carbocycles. The maximum Gasteiger partial charge on any atom is 0.337 e. The highest BCUT2D eigenvalue weighted by molar-refractivity contribution is 7.82. The van der Waals surface area contributed by atoms with Gasteiger partial charge in [0.1, 0.15) is 0 Å². The van der Waals surface area contributed by atoms with E-state index in [1.54, 1.807) is 6.92 Å². The summed E-state index contributed by atoms with van der Waals surface area (Å²) < 4.78 is 17.1. The number of hydrogen-bond acceptors (Lipinski definition) is 5. The van der Waals surface area contributed by atoms with Crippen LogP contribution in [0.1, 0.15) is 33.6 Å². The largest absolute Gasteiger partial charge is 0.396 e. The molecule has 0 aromatic carbocycles. The van der Waals surface area contributed by atoms with Crippen molar-refractivity contribution in [3.63, 3.8) is 0 Å². The lowest BCUT2D eigenvalue weighted by atomic mass is 10.3. The van der Waals surface area contributed by atoms with Gasteiger partial charge in [-0.3, -0.25) is 0 Å². The second-order valence-electron chi connectivity index (χ2n) is 4.68. The third-order valence-corrected chi connectivity index (χ3v) is 6.40. The Morgan fingerprint density at radius 2 is 2.24 bits per heavy atom. The minimum atomic E-state index is -1.73. The van der Waals surface area contributed by atoms with Gasteiger partial charge in [-0.2, -0.15) is 12.6 Å². The van der Waals surface area contributed by atoms with Crippen molar-refractivity contribution in [2.75, 3.05) is 13.2 Å². The van der Waals surface area contributed by atoms with Gasteiger partial charge in [-0.25, -0.2) is 0 Å². The van der Waals surface area contributed by atoms with Crippen molar-refractivity contribution in [3.8, 4) is 0 Å². The van der Waals surface area contributed by atoms with Crippen molar-refractivity contribution in [2.24, 2.45) is 0 Å². The number of ether oxygens (including phenoxy) is 1. The lowest BCUT2D eigenvalue weighted by molar-refractivity contribution is 0.0308. The van der Waals surface area contributed by atoms with E-state index in [-0.39, 0.29) is 23.2 Å². The molecule has 4 nitrogen and oxygen atoms in total. The topological polar surface area (TPSA) is 47.9 Å². The minimum Gasteiger partial charge on any atom is -0.396 e. The van der Waals surface area contributed by atoms with E-state index in [1.807, 2.05) is 6.92 Å². The number of thiol groups is 1. The fourth-order valence-electron chi connectivity index (χ4n) is 1.61. The molecule has 5 unspecified atom stereocenters. The van der Waals surface area contributed by atoms with Crippen LogP contribution in [0, 0.1) is 0 Å². The van der Waals surface area contributed by atoms with Crippen LogP contribution >= 0.6 is 12.6 Å². The van der Waals surface area contributed by atoms with Crippen LogP contribution in [0.25, 0.3) is 0 Å². The molecule has 1 aliphatic heterocycles. The summed E-state index contributed by atoms with van der Waals surface area (Å²) in [6.45, 7) is 7.14. The van der Waals surface area contributed by atoms with Crippen LogP contribution in [0.5, 0.6) is 0 Å². The van der Waals surface area contributed by atoms with E-state index in [0.29, 0.717) is 13.0 Å². The summed E-state index contributed by atoms with van der Waals surface area (Å²) in [5, 5.41) is 9.15. The van der Waals surface area contributed by atoms with Crippen LogP contribution in [-0.4, -0.2) is 50.8 Å². The van der Waals surface area contributed by atoms with Crippen LogP contribution in [0.4, 0.5) is 0 Å². The maximum atomic E-state index is 9.15. The molecule has 6 heteroatoms. The van der Waals surface area contributed by atoms with Gasteiger partial charge in [-0.05, 0) is 33.6 Å². The zero-order chi connectivity index (χ0) is 12.8. The van der Waals surface area contributed by atoms with E-state index in [0.717, 1.165) is 13.0 Å². The summed E-state index contributed by atoms with van der Waals surface area (Å²) in [4.78, 5) is 0.0340. The highest BCUT2D eigenvalue weighted by Crippen LogP contribution is 2.18. The zero-order valence-corrected chi connectivity index (χ0v) is 12.9. The maximum absolute atomic E-state index is 9.15. The smallest absolute Gasteiger partial charge is 0.337 e. The lowest BCUT2D eigenvalue weighted by Crippen LogP contribution is -2.46. The van der Waals surface area contributed by atoms with E-state index in [9.17, 15) is 0 Å². The summed E-state index contributed by atoms with van der Waals surface area (Å²) >= 11 is 4.56. The predicted octanol–water partition coefficient (Wildman–Crippen LogP) is 1.05. The number of rotatable bonds is 6. The van der Waals surface area contributed by atoms with Crippen molar-refractivity contribution in [3.05, 3.63) is 0 Å². The highest BCUT2D eigenvalue weighted by atomic mass is 32.1. The van der Waals surface area contributed by atoms with E-state index >= 15 is 0 Å². The summed E-state index contributed by atoms with van der Waals surface area (Å²) in [5.41, 5.74) is 0. The molecule has 0 aromatic rings. The lowest BCUT2D eigenvalue weighted by Gasteiger charge is -2.32. The molecular weight excluding hydrogens is 256 g/mol. The molecule has 1 aliphatic rings. The SMILES string of the molecule is CC(O)CCOC(C)C(S)[SiH]1OCCC(C)O1. The van der Waals surface area contributed by atoms with Gasteiger partial charge in [0.25, 0.3) is 0 Å². The first-order valence-electron chi connectivity index (χ1n) is 6.25. The third kappa shape index (κ3) is 5.72. The van der Waals surface area contributed by atoms with Crippen LogP contribution < -0.4 is 0 Å². The molecule has 5 atom stereocenters. The van der Waals surface area contributed by atoms with E-state index in [1.165, 1.54) is 0 Å². The van der Waals surface area contributed by atoms with Gasteiger partial charge in [-0.15, -0.1) is 0 Å². The highest BCUT2D eigenvalue weighted by Gasteiger charge is 2.33. The monoisotopic (exact) mass is 280 g/mol. The molecule has 0 bridgehead atoms. The van der Waals surface area contributed by atoms with Gasteiger partial charge < -0.3 is 18.7 Å². The average molecular weight is 280 g/mol. The summed E-state index contributed by atoms with van der Waals surface area (Å²) in [7, 11) is -1.73. The van der Waals surface area contributed by atoms with Crippen molar-refractivity contribution < 1.29 is 18.7 Å². The van der Waals surface area contributed by atoms with Crippen LogP contribution in [0.3, 0.4) is 0 Å². The Bertz CT molecular complexity index is 218. The molecule has 1 heterocycles. The van der Waals surface area contributed by atoms with Gasteiger partial charge in [0.2, 0.25) is 0 Å². The Morgan fingerprint density at radius 1 is 1.53 bits per heavy atom. The second-order valence-corrected chi connectivity index (χ2v) is 7.90. The molecule has 0 spiro atoms. The fraction of sp³-hybridized carbons (Fsp3) is 1.00. The zero-order valence-electron chi connectivity index (χ0n) is 10.8. The molecule has 0 aliphatic carbocycles. The van der Waals surface area contributed by atoms with Crippen LogP contribution in [0.15, 0.2) is 0 Å². The summed E-state index contributed by atoms with van der Waals surface area (Å²) in [6, 6.07) is 0. The minimum absolute atomic E-state index is 0.000880. The molecule has 0 aromatic heterocycles. The van der Waals surface area contributed by atoms with Gasteiger partial charge in [0.15, 0.2) is 0 Å². The fourth-order valence-corrected chi connectivity index (χ4v) is 4.12. The van der Waals surface area contributed by atoms with Crippen LogP contribution in [0.2, 0.25) is 0 Å². The molecule has 0 amide bonds. The Balaban J connectivity index is 2.27. The molecule has 17 heavy (non-hydrogen) atoms. The Morgan fingerprint density at radius 3 is 2.82 bits per heavy atom. The van der Waals surface area contributed by atoms with Gasteiger partial charge in [-0.1, -0.05) is 0 Å². The molecule has 0 radical (unpaired) electrons. The van der Waals surface area contributed by atoms with Crippen molar-refractivity contribution in [1.29, 1.82) is 0 Å². The van der Waals surface area contributed by atoms with Crippen molar-refractivity contribution in [2.45, 2.75) is 56.8 Å². The number of aliphatic hydroxyl groups is 1. The second kappa shape index (κ2) is 7.76. The molecule has 1 N–H and O–H groups in total. The Hall–Kier alpha value is 0.407. The van der Waals surface area contributed by atoms with Gasteiger partial charge >= 0.3 is 9.28 Å². The molecule has 1 fully saturated rings. The average Bonchev–Trinajstić information content (AvgIpc) is 2.27. The van der Waals surface area contributed by atoms with E-state index in [2.05, 4.69) is 19.6 Å².